The number of nitrogens with one attached hydrogen (secondary N) is 1. The summed E-state index contributed by atoms with van der Waals surface area (Å²) in [6.45, 7) is 4.88. The Bertz CT molecular complexity index is 462. The van der Waals surface area contributed by atoms with Crippen LogP contribution in [-0.4, -0.2) is 23.7 Å². The van der Waals surface area contributed by atoms with Gasteiger partial charge in [0.15, 0.2) is 0 Å². The normalized spacial score (nSPS) is 20.6. The summed E-state index contributed by atoms with van der Waals surface area (Å²) in [6, 6.07) is 8.20. The molecule has 20 heavy (non-hydrogen) atoms. The first-order valence-electron chi connectivity index (χ1n) is 7.50. The number of rotatable bonds is 5. The number of nitrogens with zero attached hydrogens (tertiary/aromatic N) is 1. The first kappa shape index (κ1) is 14.9. The average molecular weight is 276 g/mol. The fourth-order valence-electron chi connectivity index (χ4n) is 2.67. The molecular weight excluding hydrogens is 252 g/mol. The second-order valence-electron chi connectivity index (χ2n) is 5.40. The summed E-state index contributed by atoms with van der Waals surface area (Å²) in [5, 5.41) is 11.9. The van der Waals surface area contributed by atoms with E-state index in [-0.39, 0.29) is 11.8 Å². The number of hydrazine groups is 1. The molecule has 0 saturated carbocycles. The van der Waals surface area contributed by atoms with Crippen LogP contribution in [0.4, 0.5) is 5.69 Å². The van der Waals surface area contributed by atoms with Crippen molar-refractivity contribution < 1.29 is 9.90 Å². The minimum atomic E-state index is -0.524. The molecule has 1 fully saturated rings. The maximum Gasteiger partial charge on any atom is 0.244 e. The summed E-state index contributed by atoms with van der Waals surface area (Å²) in [5.74, 6) is -0.348. The Morgan fingerprint density at radius 2 is 2.25 bits per heavy atom. The maximum atomic E-state index is 12.1. The van der Waals surface area contributed by atoms with Crippen LogP contribution < -0.4 is 10.4 Å². The number of carbonyl (C=O) groups is 1. The Kier molecular flexibility index (Phi) is 5.01. The van der Waals surface area contributed by atoms with Gasteiger partial charge in [-0.3, -0.25) is 15.2 Å². The van der Waals surface area contributed by atoms with Crippen LogP contribution in [0, 0.1) is 5.92 Å². The Hall–Kier alpha value is -1.55. The number of carbonyl (C=O) groups excluding carboxylic acids is 1. The predicted molar refractivity (Wildman–Crippen MR) is 80.3 cm³/mol. The van der Waals surface area contributed by atoms with E-state index in [9.17, 15) is 9.90 Å². The van der Waals surface area contributed by atoms with E-state index >= 15 is 0 Å². The van der Waals surface area contributed by atoms with Gasteiger partial charge in [0.2, 0.25) is 5.91 Å². The highest BCUT2D eigenvalue weighted by Crippen LogP contribution is 2.23. The maximum absolute atomic E-state index is 12.1. The molecule has 0 aliphatic carbocycles. The predicted octanol–water partition coefficient (Wildman–Crippen LogP) is 2.27. The van der Waals surface area contributed by atoms with Gasteiger partial charge >= 0.3 is 0 Å². The molecule has 0 aromatic heterocycles. The van der Waals surface area contributed by atoms with Gasteiger partial charge in [-0.05, 0) is 37.0 Å². The van der Waals surface area contributed by atoms with E-state index in [0.717, 1.165) is 25.1 Å². The summed E-state index contributed by atoms with van der Waals surface area (Å²) >= 11 is 0. The third kappa shape index (κ3) is 3.31. The van der Waals surface area contributed by atoms with Crippen molar-refractivity contribution in [3.63, 3.8) is 0 Å². The molecule has 0 bridgehead atoms. The van der Waals surface area contributed by atoms with Crippen LogP contribution in [-0.2, 0) is 11.2 Å². The third-order valence-corrected chi connectivity index (χ3v) is 3.93. The molecule has 110 valence electrons. The zero-order valence-electron chi connectivity index (χ0n) is 12.3. The number of hydrogen-bond acceptors (Lipinski definition) is 3. The minimum Gasteiger partial charge on any atom is -0.392 e. The van der Waals surface area contributed by atoms with Gasteiger partial charge < -0.3 is 5.11 Å². The van der Waals surface area contributed by atoms with E-state index in [4.69, 9.17) is 0 Å². The smallest absolute Gasteiger partial charge is 0.244 e. The highest BCUT2D eigenvalue weighted by atomic mass is 16.3. The van der Waals surface area contributed by atoms with Crippen LogP contribution in [0.5, 0.6) is 0 Å². The molecule has 1 amide bonds. The third-order valence-electron chi connectivity index (χ3n) is 3.93. The van der Waals surface area contributed by atoms with Crippen molar-refractivity contribution >= 4 is 11.6 Å². The van der Waals surface area contributed by atoms with E-state index in [1.165, 1.54) is 5.56 Å². The summed E-state index contributed by atoms with van der Waals surface area (Å²) in [6.07, 6.45) is 2.73. The van der Waals surface area contributed by atoms with Crippen molar-refractivity contribution in [2.75, 3.05) is 11.6 Å². The highest BCUT2D eigenvalue weighted by Gasteiger charge is 2.31. The SMILES string of the molecule is CCCC(O)C1CCN(c2cccc(CC)c2)NC1=O. The minimum absolute atomic E-state index is 0.0703. The highest BCUT2D eigenvalue weighted by molar-refractivity contribution is 5.82. The standard InChI is InChI=1S/C16H24N2O2/c1-3-6-15(19)14-9-10-18(17-16(14)20)13-8-5-7-12(4-2)11-13/h5,7-8,11,14-15,19H,3-4,6,9-10H2,1-2H3,(H,17,20). The monoisotopic (exact) mass is 276 g/mol. The topological polar surface area (TPSA) is 52.6 Å². The molecule has 2 N–H and O–H groups in total. The van der Waals surface area contributed by atoms with Gasteiger partial charge in [0.05, 0.1) is 17.7 Å². The average Bonchev–Trinajstić information content (AvgIpc) is 2.47. The molecule has 0 spiro atoms. The van der Waals surface area contributed by atoms with Gasteiger partial charge in [-0.2, -0.15) is 0 Å². The number of aliphatic hydroxyl groups excluding tert-OH is 1. The van der Waals surface area contributed by atoms with Gasteiger partial charge in [-0.15, -0.1) is 0 Å². The number of aryl methyl sites for hydroxylation is 1. The largest absolute Gasteiger partial charge is 0.392 e. The molecule has 2 atom stereocenters. The van der Waals surface area contributed by atoms with Gasteiger partial charge in [0.1, 0.15) is 0 Å². The number of aliphatic hydroxyl groups is 1. The van der Waals surface area contributed by atoms with Crippen molar-refractivity contribution in [2.45, 2.75) is 45.6 Å². The van der Waals surface area contributed by atoms with Crippen molar-refractivity contribution in [2.24, 2.45) is 5.92 Å². The van der Waals surface area contributed by atoms with Crippen molar-refractivity contribution in [1.29, 1.82) is 0 Å². The van der Waals surface area contributed by atoms with E-state index < -0.39 is 6.10 Å². The molecule has 2 rings (SSSR count). The lowest BCUT2D eigenvalue weighted by atomic mass is 9.93. The Morgan fingerprint density at radius 3 is 2.90 bits per heavy atom. The van der Waals surface area contributed by atoms with Gasteiger partial charge in [0.25, 0.3) is 0 Å². The molecule has 1 aromatic carbocycles. The van der Waals surface area contributed by atoms with Crippen LogP contribution in [0.15, 0.2) is 24.3 Å². The van der Waals surface area contributed by atoms with E-state index in [2.05, 4.69) is 24.5 Å². The fourth-order valence-corrected chi connectivity index (χ4v) is 2.67. The van der Waals surface area contributed by atoms with Crippen molar-refractivity contribution in [3.05, 3.63) is 29.8 Å². The van der Waals surface area contributed by atoms with Crippen LogP contribution in [0.3, 0.4) is 0 Å². The lowest BCUT2D eigenvalue weighted by Gasteiger charge is -2.35. The second kappa shape index (κ2) is 6.75. The summed E-state index contributed by atoms with van der Waals surface area (Å²) < 4.78 is 0. The summed E-state index contributed by atoms with van der Waals surface area (Å²) in [5.41, 5.74) is 5.18. The van der Waals surface area contributed by atoms with Gasteiger partial charge in [-0.1, -0.05) is 32.4 Å². The second-order valence-corrected chi connectivity index (χ2v) is 5.40. The van der Waals surface area contributed by atoms with E-state index in [0.29, 0.717) is 12.8 Å². The zero-order valence-corrected chi connectivity index (χ0v) is 12.3. The lowest BCUT2D eigenvalue weighted by molar-refractivity contribution is -0.130. The van der Waals surface area contributed by atoms with Crippen molar-refractivity contribution in [3.8, 4) is 0 Å². The number of benzene rings is 1. The molecule has 4 heteroatoms. The molecule has 1 heterocycles. The summed E-state index contributed by atoms with van der Waals surface area (Å²) in [4.78, 5) is 12.1. The summed E-state index contributed by atoms with van der Waals surface area (Å²) in [7, 11) is 0. The lowest BCUT2D eigenvalue weighted by Crippen LogP contribution is -2.53. The van der Waals surface area contributed by atoms with E-state index in [1.54, 1.807) is 0 Å². The van der Waals surface area contributed by atoms with Gasteiger partial charge in [-0.25, -0.2) is 0 Å². The van der Waals surface area contributed by atoms with Crippen molar-refractivity contribution in [1.82, 2.24) is 5.43 Å². The van der Waals surface area contributed by atoms with Crippen LogP contribution in [0.1, 0.15) is 38.7 Å². The first-order valence-corrected chi connectivity index (χ1v) is 7.50. The number of amides is 1. The first-order chi connectivity index (χ1) is 9.65. The molecule has 1 aliphatic rings. The molecule has 0 radical (unpaired) electrons. The fraction of sp³-hybridized carbons (Fsp3) is 0.562. The molecule has 1 saturated heterocycles. The van der Waals surface area contributed by atoms with E-state index in [1.807, 2.05) is 24.1 Å². The van der Waals surface area contributed by atoms with Gasteiger partial charge in [0, 0.05) is 6.54 Å². The molecule has 1 aliphatic heterocycles. The quantitative estimate of drug-likeness (QED) is 0.867. The van der Waals surface area contributed by atoms with Crippen LogP contribution >= 0.6 is 0 Å². The Labute approximate surface area is 120 Å². The molecule has 1 aromatic rings. The molecular formula is C16H24N2O2. The Balaban J connectivity index is 2.03. The van der Waals surface area contributed by atoms with Crippen LogP contribution in [0.25, 0.3) is 0 Å². The number of hydrogen-bond donors (Lipinski definition) is 2. The van der Waals surface area contributed by atoms with Crippen LogP contribution in [0.2, 0.25) is 0 Å². The Morgan fingerprint density at radius 1 is 1.45 bits per heavy atom. The zero-order chi connectivity index (χ0) is 14.5. The molecule has 2 unspecified atom stereocenters. The molecule has 4 nitrogen and oxygen atoms in total. The number of anilines is 1.